The third kappa shape index (κ3) is 4.39. The lowest BCUT2D eigenvalue weighted by Gasteiger charge is -2.44. The number of hydrogen-bond donors (Lipinski definition) is 1. The molecule has 168 valence electrons. The zero-order valence-corrected chi connectivity index (χ0v) is 18.6. The van der Waals surface area contributed by atoms with E-state index < -0.39 is 0 Å². The molecule has 2 atom stereocenters. The fraction of sp³-hybridized carbons (Fsp3) is 0.609. The molecule has 1 amide bonds. The standard InChI is InChI=1S/C23H32N4O4/c1-15-25-18-12-21(31-3)20(30-2)11-17(18)23(29)27(15)14-22(28)24-13-16-7-6-10-26-9-5-4-8-19(16)26/h11-12,16,19H,4-10,13-14H2,1-3H3,(H,24,28)/t16-,19-/m1/s1. The Labute approximate surface area is 182 Å². The zero-order valence-electron chi connectivity index (χ0n) is 18.6. The number of carbonyl (C=O) groups excluding carboxylic acids is 1. The number of piperidine rings is 2. The van der Waals surface area contributed by atoms with Crippen LogP contribution in [0.4, 0.5) is 0 Å². The monoisotopic (exact) mass is 428 g/mol. The van der Waals surface area contributed by atoms with E-state index in [-0.39, 0.29) is 18.0 Å². The number of ether oxygens (including phenoxy) is 2. The van der Waals surface area contributed by atoms with Crippen LogP contribution in [-0.2, 0) is 11.3 Å². The second-order valence-electron chi connectivity index (χ2n) is 8.58. The topological polar surface area (TPSA) is 85.7 Å². The first-order valence-corrected chi connectivity index (χ1v) is 11.2. The smallest absolute Gasteiger partial charge is 0.262 e. The largest absolute Gasteiger partial charge is 0.493 e. The normalized spacial score (nSPS) is 21.5. The average Bonchev–Trinajstić information content (AvgIpc) is 2.79. The number of aromatic nitrogens is 2. The van der Waals surface area contributed by atoms with Gasteiger partial charge in [-0.25, -0.2) is 4.98 Å². The summed E-state index contributed by atoms with van der Waals surface area (Å²) in [6.07, 6.45) is 6.12. The van der Waals surface area contributed by atoms with E-state index in [1.54, 1.807) is 26.2 Å². The van der Waals surface area contributed by atoms with Crippen molar-refractivity contribution in [3.8, 4) is 11.5 Å². The van der Waals surface area contributed by atoms with Gasteiger partial charge in [0.1, 0.15) is 12.4 Å². The molecule has 2 aromatic rings. The van der Waals surface area contributed by atoms with Crippen LogP contribution in [0.1, 0.15) is 37.9 Å². The van der Waals surface area contributed by atoms with Crippen LogP contribution in [0, 0.1) is 12.8 Å². The Morgan fingerprint density at radius 1 is 1.13 bits per heavy atom. The van der Waals surface area contributed by atoms with E-state index in [2.05, 4.69) is 15.2 Å². The highest BCUT2D eigenvalue weighted by molar-refractivity contribution is 5.82. The van der Waals surface area contributed by atoms with Gasteiger partial charge in [0.05, 0.1) is 25.1 Å². The van der Waals surface area contributed by atoms with Gasteiger partial charge in [-0.1, -0.05) is 6.42 Å². The number of aryl methyl sites for hydroxylation is 1. The summed E-state index contributed by atoms with van der Waals surface area (Å²) in [7, 11) is 3.07. The fourth-order valence-corrected chi connectivity index (χ4v) is 5.11. The van der Waals surface area contributed by atoms with Crippen LogP contribution in [0.25, 0.3) is 10.9 Å². The quantitative estimate of drug-likeness (QED) is 0.759. The number of methoxy groups -OCH3 is 2. The maximum atomic E-state index is 13.1. The van der Waals surface area contributed by atoms with Crippen molar-refractivity contribution >= 4 is 16.8 Å². The third-order valence-corrected chi connectivity index (χ3v) is 6.74. The number of hydrogen-bond acceptors (Lipinski definition) is 6. The summed E-state index contributed by atoms with van der Waals surface area (Å²) in [4.78, 5) is 32.9. The maximum absolute atomic E-state index is 13.1. The molecule has 2 aliphatic heterocycles. The van der Waals surface area contributed by atoms with Gasteiger partial charge in [-0.05, 0) is 57.7 Å². The van der Waals surface area contributed by atoms with Crippen LogP contribution < -0.4 is 20.3 Å². The molecule has 4 rings (SSSR count). The van der Waals surface area contributed by atoms with Crippen molar-refractivity contribution in [2.45, 2.75) is 51.6 Å². The lowest BCUT2D eigenvalue weighted by Crippen LogP contribution is -2.51. The summed E-state index contributed by atoms with van der Waals surface area (Å²) in [6.45, 7) is 4.73. The Morgan fingerprint density at radius 3 is 2.65 bits per heavy atom. The summed E-state index contributed by atoms with van der Waals surface area (Å²) in [6, 6.07) is 3.89. The number of nitrogens with zero attached hydrogens (tertiary/aromatic N) is 3. The molecule has 0 aliphatic carbocycles. The van der Waals surface area contributed by atoms with Gasteiger partial charge < -0.3 is 19.7 Å². The molecule has 8 heteroatoms. The van der Waals surface area contributed by atoms with E-state index in [0.29, 0.717) is 46.7 Å². The minimum atomic E-state index is -0.255. The van der Waals surface area contributed by atoms with Crippen molar-refractivity contribution in [2.24, 2.45) is 5.92 Å². The Balaban J connectivity index is 1.48. The van der Waals surface area contributed by atoms with Crippen LogP contribution in [0.15, 0.2) is 16.9 Å². The SMILES string of the molecule is COc1cc2nc(C)n(CC(=O)NC[C@H]3CCCN4CCCC[C@H]34)c(=O)c2cc1OC. The molecule has 2 fully saturated rings. The molecular formula is C23H32N4O4. The zero-order chi connectivity index (χ0) is 22.0. The maximum Gasteiger partial charge on any atom is 0.262 e. The summed E-state index contributed by atoms with van der Waals surface area (Å²) >= 11 is 0. The summed E-state index contributed by atoms with van der Waals surface area (Å²) < 4.78 is 12.0. The predicted octanol–water partition coefficient (Wildman–Crippen LogP) is 2.10. The highest BCUT2D eigenvalue weighted by Crippen LogP contribution is 2.31. The molecule has 2 saturated heterocycles. The summed E-state index contributed by atoms with van der Waals surface area (Å²) in [5.41, 5.74) is 0.270. The van der Waals surface area contributed by atoms with Crippen LogP contribution >= 0.6 is 0 Å². The summed E-state index contributed by atoms with van der Waals surface area (Å²) in [5, 5.41) is 3.48. The van der Waals surface area contributed by atoms with E-state index in [1.165, 1.54) is 50.4 Å². The summed E-state index contributed by atoms with van der Waals surface area (Å²) in [5.74, 6) is 1.81. The van der Waals surface area contributed by atoms with Gasteiger partial charge in [0.2, 0.25) is 5.91 Å². The molecule has 0 bridgehead atoms. The molecule has 0 saturated carbocycles. The van der Waals surface area contributed by atoms with E-state index >= 15 is 0 Å². The second-order valence-corrected chi connectivity index (χ2v) is 8.58. The molecule has 0 unspecified atom stereocenters. The van der Waals surface area contributed by atoms with E-state index in [1.807, 2.05) is 0 Å². The van der Waals surface area contributed by atoms with Gasteiger partial charge in [-0.15, -0.1) is 0 Å². The first kappa shape index (κ1) is 21.6. The molecule has 1 N–H and O–H groups in total. The van der Waals surface area contributed by atoms with Crippen molar-refractivity contribution in [2.75, 3.05) is 33.9 Å². The molecule has 8 nitrogen and oxygen atoms in total. The van der Waals surface area contributed by atoms with Gasteiger partial charge in [-0.2, -0.15) is 0 Å². The van der Waals surface area contributed by atoms with Crippen LogP contribution in [0.3, 0.4) is 0 Å². The first-order valence-electron chi connectivity index (χ1n) is 11.2. The number of fused-ring (bicyclic) bond motifs is 2. The van der Waals surface area contributed by atoms with E-state index in [4.69, 9.17) is 9.47 Å². The lowest BCUT2D eigenvalue weighted by molar-refractivity contribution is -0.122. The van der Waals surface area contributed by atoms with E-state index in [9.17, 15) is 9.59 Å². The molecule has 3 heterocycles. The molecule has 1 aromatic heterocycles. The van der Waals surface area contributed by atoms with Crippen LogP contribution in [0.5, 0.6) is 11.5 Å². The fourth-order valence-electron chi connectivity index (χ4n) is 5.11. The van der Waals surface area contributed by atoms with Crippen LogP contribution in [-0.4, -0.2) is 60.3 Å². The first-order chi connectivity index (χ1) is 15.0. The van der Waals surface area contributed by atoms with Gasteiger partial charge in [0.15, 0.2) is 11.5 Å². The minimum Gasteiger partial charge on any atom is -0.493 e. The average molecular weight is 429 g/mol. The van der Waals surface area contributed by atoms with Crippen molar-refractivity contribution in [3.63, 3.8) is 0 Å². The number of amides is 1. The molecule has 1 aromatic carbocycles. The van der Waals surface area contributed by atoms with Crippen LogP contribution in [0.2, 0.25) is 0 Å². The second kappa shape index (κ2) is 9.26. The van der Waals surface area contributed by atoms with Gasteiger partial charge in [0.25, 0.3) is 5.56 Å². The van der Waals surface area contributed by atoms with Crippen molar-refractivity contribution in [3.05, 3.63) is 28.3 Å². The van der Waals surface area contributed by atoms with Crippen molar-refractivity contribution in [1.82, 2.24) is 19.8 Å². The third-order valence-electron chi connectivity index (χ3n) is 6.74. The number of benzene rings is 1. The minimum absolute atomic E-state index is 0.0386. The number of nitrogens with one attached hydrogen (secondary N) is 1. The number of carbonyl (C=O) groups is 1. The van der Waals surface area contributed by atoms with Gasteiger partial charge in [0, 0.05) is 18.7 Å². The Bertz CT molecular complexity index is 1020. The number of rotatable bonds is 6. The highest BCUT2D eigenvalue weighted by atomic mass is 16.5. The van der Waals surface area contributed by atoms with Gasteiger partial charge >= 0.3 is 0 Å². The van der Waals surface area contributed by atoms with Gasteiger partial charge in [-0.3, -0.25) is 14.2 Å². The Morgan fingerprint density at radius 2 is 1.87 bits per heavy atom. The molecule has 0 radical (unpaired) electrons. The van der Waals surface area contributed by atoms with Crippen molar-refractivity contribution < 1.29 is 14.3 Å². The molecular weight excluding hydrogens is 396 g/mol. The van der Waals surface area contributed by atoms with E-state index in [0.717, 1.165) is 6.42 Å². The molecule has 0 spiro atoms. The molecule has 31 heavy (non-hydrogen) atoms. The Kier molecular flexibility index (Phi) is 6.46. The molecule has 2 aliphatic rings. The highest BCUT2D eigenvalue weighted by Gasteiger charge is 2.33. The predicted molar refractivity (Wildman–Crippen MR) is 119 cm³/mol. The lowest BCUT2D eigenvalue weighted by atomic mass is 9.83. The van der Waals surface area contributed by atoms with Crippen molar-refractivity contribution in [1.29, 1.82) is 0 Å². The Hall–Kier alpha value is -2.61.